The zero-order chi connectivity index (χ0) is 22.0. The average molecular weight is 420 g/mol. The van der Waals surface area contributed by atoms with Crippen molar-refractivity contribution in [3.05, 3.63) is 76.9 Å². The number of benzene rings is 2. The molecule has 2 N–H and O–H groups in total. The van der Waals surface area contributed by atoms with Crippen LogP contribution in [-0.4, -0.2) is 21.6 Å². The zero-order valence-corrected chi connectivity index (χ0v) is 17.6. The van der Waals surface area contributed by atoms with Crippen LogP contribution in [0.1, 0.15) is 60.0 Å². The summed E-state index contributed by atoms with van der Waals surface area (Å²) >= 11 is 0. The van der Waals surface area contributed by atoms with Crippen LogP contribution in [0.2, 0.25) is 0 Å². The van der Waals surface area contributed by atoms with E-state index in [2.05, 4.69) is 15.7 Å². The summed E-state index contributed by atoms with van der Waals surface area (Å²) in [7, 11) is 0. The van der Waals surface area contributed by atoms with Gasteiger partial charge in [-0.05, 0) is 68.1 Å². The molecule has 31 heavy (non-hydrogen) atoms. The minimum Gasteiger partial charge on any atom is -0.344 e. The van der Waals surface area contributed by atoms with Gasteiger partial charge in [0, 0.05) is 23.4 Å². The Hall–Kier alpha value is -3.48. The molecule has 1 aliphatic rings. The minimum atomic E-state index is -0.306. The lowest BCUT2D eigenvalue weighted by Gasteiger charge is -2.15. The van der Waals surface area contributed by atoms with Crippen LogP contribution >= 0.6 is 0 Å². The molecule has 4 rings (SSSR count). The first-order valence-electron chi connectivity index (χ1n) is 10.5. The van der Waals surface area contributed by atoms with Crippen LogP contribution in [0.4, 0.5) is 10.1 Å². The highest BCUT2D eigenvalue weighted by molar-refractivity contribution is 5.94. The summed E-state index contributed by atoms with van der Waals surface area (Å²) in [5.41, 5.74) is 4.81. The molecule has 0 fully saturated rings. The largest absolute Gasteiger partial charge is 0.344 e. The monoisotopic (exact) mass is 420 g/mol. The molecule has 2 amide bonds. The van der Waals surface area contributed by atoms with Crippen LogP contribution in [0.15, 0.2) is 48.5 Å². The van der Waals surface area contributed by atoms with Crippen molar-refractivity contribution in [3.8, 4) is 5.69 Å². The van der Waals surface area contributed by atoms with Gasteiger partial charge < -0.3 is 10.6 Å². The summed E-state index contributed by atoms with van der Waals surface area (Å²) in [4.78, 5) is 24.6. The van der Waals surface area contributed by atoms with Crippen LogP contribution in [0.25, 0.3) is 5.69 Å². The lowest BCUT2D eigenvalue weighted by Crippen LogP contribution is -2.28. The summed E-state index contributed by atoms with van der Waals surface area (Å²) in [6.07, 6.45) is 3.03. The van der Waals surface area contributed by atoms with Gasteiger partial charge in [0.25, 0.3) is 5.91 Å². The highest BCUT2D eigenvalue weighted by Crippen LogP contribution is 2.28. The van der Waals surface area contributed by atoms with Gasteiger partial charge in [0.05, 0.1) is 11.7 Å². The van der Waals surface area contributed by atoms with Gasteiger partial charge in [0.2, 0.25) is 5.91 Å². The van der Waals surface area contributed by atoms with Gasteiger partial charge in [-0.25, -0.2) is 9.07 Å². The molecule has 3 aromatic rings. The first-order chi connectivity index (χ1) is 15.0. The minimum absolute atomic E-state index is 0.0419. The smallest absolute Gasteiger partial charge is 0.272 e. The van der Waals surface area contributed by atoms with E-state index in [1.54, 1.807) is 23.7 Å². The molecule has 1 aromatic heterocycles. The standard InChI is InChI=1S/C24H25FN4O2/c1-3-22(30)27-18-11-7-16(8-12-18)15(2)26-24(31)23-20-5-4-6-21(20)29(28-23)19-13-9-17(25)10-14-19/h7-15H,3-6H2,1-2H3,(H,26,31)(H,27,30). The molecule has 2 aromatic carbocycles. The van der Waals surface area contributed by atoms with Crippen molar-refractivity contribution in [2.24, 2.45) is 0 Å². The molecule has 1 heterocycles. The summed E-state index contributed by atoms with van der Waals surface area (Å²) in [5.74, 6) is -0.575. The third-order valence-corrected chi connectivity index (χ3v) is 5.58. The van der Waals surface area contributed by atoms with Crippen LogP contribution in [0.3, 0.4) is 0 Å². The van der Waals surface area contributed by atoms with Crippen LogP contribution in [0, 0.1) is 5.82 Å². The van der Waals surface area contributed by atoms with Gasteiger partial charge in [0.15, 0.2) is 5.69 Å². The molecule has 0 aliphatic heterocycles. The number of carbonyl (C=O) groups is 2. The SMILES string of the molecule is CCC(=O)Nc1ccc(C(C)NC(=O)c2nn(-c3ccc(F)cc3)c3c2CCC3)cc1. The predicted octanol–water partition coefficient (Wildman–Crippen LogP) is 4.34. The lowest BCUT2D eigenvalue weighted by atomic mass is 10.1. The van der Waals surface area contributed by atoms with Crippen LogP contribution in [-0.2, 0) is 17.6 Å². The van der Waals surface area contributed by atoms with E-state index in [0.29, 0.717) is 12.1 Å². The molecule has 0 saturated carbocycles. The molecule has 0 spiro atoms. The molecule has 1 atom stereocenters. The highest BCUT2D eigenvalue weighted by atomic mass is 19.1. The van der Waals surface area contributed by atoms with Crippen molar-refractivity contribution >= 4 is 17.5 Å². The van der Waals surface area contributed by atoms with Crippen molar-refractivity contribution in [3.63, 3.8) is 0 Å². The first-order valence-corrected chi connectivity index (χ1v) is 10.5. The third-order valence-electron chi connectivity index (χ3n) is 5.58. The molecular formula is C24H25FN4O2. The van der Waals surface area contributed by atoms with Gasteiger partial charge in [-0.2, -0.15) is 5.10 Å². The number of rotatable bonds is 6. The van der Waals surface area contributed by atoms with Crippen molar-refractivity contribution < 1.29 is 14.0 Å². The lowest BCUT2D eigenvalue weighted by molar-refractivity contribution is -0.115. The topological polar surface area (TPSA) is 76.0 Å². The average Bonchev–Trinajstić information content (AvgIpc) is 3.37. The maximum atomic E-state index is 13.3. The van der Waals surface area contributed by atoms with E-state index >= 15 is 0 Å². The number of amides is 2. The Morgan fingerprint density at radius 2 is 1.81 bits per heavy atom. The predicted molar refractivity (Wildman–Crippen MR) is 117 cm³/mol. The molecule has 0 saturated heterocycles. The van der Waals surface area contributed by atoms with Crippen molar-refractivity contribution in [1.29, 1.82) is 0 Å². The van der Waals surface area contributed by atoms with Crippen molar-refractivity contribution in [1.82, 2.24) is 15.1 Å². The molecule has 1 unspecified atom stereocenters. The maximum Gasteiger partial charge on any atom is 0.272 e. The van der Waals surface area contributed by atoms with Gasteiger partial charge in [-0.1, -0.05) is 19.1 Å². The Balaban J connectivity index is 1.52. The number of carbonyl (C=O) groups excluding carboxylic acids is 2. The number of halogens is 1. The van der Waals surface area contributed by atoms with E-state index in [1.165, 1.54) is 12.1 Å². The van der Waals surface area contributed by atoms with Gasteiger partial charge in [0.1, 0.15) is 5.82 Å². The Bertz CT molecular complexity index is 1100. The Kier molecular flexibility index (Phi) is 5.84. The molecule has 7 heteroatoms. The quantitative estimate of drug-likeness (QED) is 0.623. The molecule has 0 bridgehead atoms. The van der Waals surface area contributed by atoms with E-state index < -0.39 is 0 Å². The number of nitrogens with zero attached hydrogens (tertiary/aromatic N) is 2. The molecule has 0 radical (unpaired) electrons. The van der Waals surface area contributed by atoms with E-state index in [9.17, 15) is 14.0 Å². The van der Waals surface area contributed by atoms with E-state index in [1.807, 2.05) is 31.2 Å². The summed E-state index contributed by atoms with van der Waals surface area (Å²) in [6.45, 7) is 3.71. The second-order valence-corrected chi connectivity index (χ2v) is 7.73. The van der Waals surface area contributed by atoms with Crippen molar-refractivity contribution in [2.75, 3.05) is 5.32 Å². The Labute approximate surface area is 180 Å². The summed E-state index contributed by atoms with van der Waals surface area (Å²) in [5, 5.41) is 10.4. The number of hydrogen-bond acceptors (Lipinski definition) is 3. The fraction of sp³-hybridized carbons (Fsp3) is 0.292. The maximum absolute atomic E-state index is 13.3. The van der Waals surface area contributed by atoms with Crippen molar-refractivity contribution in [2.45, 2.75) is 45.6 Å². The molecule has 6 nitrogen and oxygen atoms in total. The van der Waals surface area contributed by atoms with Crippen LogP contribution < -0.4 is 10.6 Å². The Morgan fingerprint density at radius 3 is 2.48 bits per heavy atom. The number of nitrogens with one attached hydrogen (secondary N) is 2. The van der Waals surface area contributed by atoms with E-state index in [-0.39, 0.29) is 23.7 Å². The van der Waals surface area contributed by atoms with Gasteiger partial charge in [-0.15, -0.1) is 0 Å². The third kappa shape index (κ3) is 4.35. The fourth-order valence-corrected chi connectivity index (χ4v) is 3.87. The number of fused-ring (bicyclic) bond motifs is 1. The normalized spacial score (nSPS) is 13.5. The number of hydrogen-bond donors (Lipinski definition) is 2. The first kappa shape index (κ1) is 20.8. The molecular weight excluding hydrogens is 395 g/mol. The summed E-state index contributed by atoms with van der Waals surface area (Å²) < 4.78 is 15.1. The van der Waals surface area contributed by atoms with Crippen LogP contribution in [0.5, 0.6) is 0 Å². The second kappa shape index (κ2) is 8.71. The van der Waals surface area contributed by atoms with E-state index in [4.69, 9.17) is 0 Å². The number of anilines is 1. The highest BCUT2D eigenvalue weighted by Gasteiger charge is 2.27. The Morgan fingerprint density at radius 1 is 1.10 bits per heavy atom. The fourth-order valence-electron chi connectivity index (χ4n) is 3.87. The van der Waals surface area contributed by atoms with Gasteiger partial charge >= 0.3 is 0 Å². The molecule has 160 valence electrons. The number of aromatic nitrogens is 2. The second-order valence-electron chi connectivity index (χ2n) is 7.73. The van der Waals surface area contributed by atoms with E-state index in [0.717, 1.165) is 47.5 Å². The zero-order valence-electron chi connectivity index (χ0n) is 17.6. The molecule has 1 aliphatic carbocycles. The van der Waals surface area contributed by atoms with Gasteiger partial charge in [-0.3, -0.25) is 9.59 Å². The summed E-state index contributed by atoms with van der Waals surface area (Å²) in [6, 6.07) is 13.3.